The monoisotopic (exact) mass is 422 g/mol. The van der Waals surface area contributed by atoms with Crippen LogP contribution in [0.3, 0.4) is 0 Å². The van der Waals surface area contributed by atoms with Gasteiger partial charge in [0.25, 0.3) is 0 Å². The third-order valence-electron chi connectivity index (χ3n) is 5.72. The second-order valence-electron chi connectivity index (χ2n) is 7.76. The molecule has 1 N–H and O–H groups in total. The van der Waals surface area contributed by atoms with Crippen LogP contribution in [0.1, 0.15) is 18.4 Å². The summed E-state index contributed by atoms with van der Waals surface area (Å²) in [6.45, 7) is 3.64. The van der Waals surface area contributed by atoms with Gasteiger partial charge in [-0.3, -0.25) is 9.69 Å². The molecule has 4 rings (SSSR count). The lowest BCUT2D eigenvalue weighted by Crippen LogP contribution is -2.41. The van der Waals surface area contributed by atoms with Crippen LogP contribution < -0.4 is 10.1 Å². The number of benzene rings is 3. The molecule has 0 spiro atoms. The maximum Gasteiger partial charge on any atom is 0.223 e. The number of nitrogens with zero attached hydrogens (tertiary/aromatic N) is 1. The number of ether oxygens (including phenoxy) is 1. The smallest absolute Gasteiger partial charge is 0.223 e. The van der Waals surface area contributed by atoms with Gasteiger partial charge in [0.2, 0.25) is 5.91 Å². The summed E-state index contributed by atoms with van der Waals surface area (Å²) in [4.78, 5) is 14.9. The van der Waals surface area contributed by atoms with Gasteiger partial charge in [-0.25, -0.2) is 0 Å². The van der Waals surface area contributed by atoms with Crippen molar-refractivity contribution in [2.75, 3.05) is 26.2 Å². The molecule has 0 aromatic heterocycles. The first-order valence-electron chi connectivity index (χ1n) is 10.5. The summed E-state index contributed by atoms with van der Waals surface area (Å²) >= 11 is 6.27. The van der Waals surface area contributed by atoms with Gasteiger partial charge in [-0.1, -0.05) is 66.2 Å². The number of rotatable bonds is 7. The molecule has 3 aromatic carbocycles. The van der Waals surface area contributed by atoms with Crippen molar-refractivity contribution >= 4 is 28.3 Å². The van der Waals surface area contributed by atoms with Crippen molar-refractivity contribution in [2.24, 2.45) is 5.92 Å². The minimum absolute atomic E-state index is 0.0741. The molecule has 1 fully saturated rings. The van der Waals surface area contributed by atoms with Crippen LogP contribution >= 0.6 is 11.6 Å². The normalized spacial score (nSPS) is 15.2. The summed E-state index contributed by atoms with van der Waals surface area (Å²) in [5.74, 6) is 1.06. The van der Waals surface area contributed by atoms with Crippen molar-refractivity contribution in [1.82, 2.24) is 10.2 Å². The third-order valence-corrected chi connectivity index (χ3v) is 6.09. The van der Waals surface area contributed by atoms with E-state index in [0.717, 1.165) is 59.6 Å². The molecule has 5 heteroatoms. The lowest BCUT2D eigenvalue weighted by Gasteiger charge is -2.31. The number of hydrogen-bond donors (Lipinski definition) is 1. The standard InChI is InChI=1S/C25H27ClN2O2/c26-23-10-4-2-7-21(23)18-28-15-12-20(13-16-28)25(29)27-14-17-30-24-11-5-8-19-6-1-3-9-22(19)24/h1-11,20H,12-18H2,(H,27,29). The first-order chi connectivity index (χ1) is 14.7. The van der Waals surface area contributed by atoms with Crippen LogP contribution in [0.4, 0.5) is 0 Å². The predicted octanol–water partition coefficient (Wildman–Crippen LogP) is 4.90. The minimum atomic E-state index is 0.0741. The average Bonchev–Trinajstić information content (AvgIpc) is 2.79. The van der Waals surface area contributed by atoms with Gasteiger partial charge in [0.05, 0.1) is 6.54 Å². The van der Waals surface area contributed by atoms with Gasteiger partial charge in [-0.15, -0.1) is 0 Å². The molecule has 1 aliphatic rings. The zero-order valence-electron chi connectivity index (χ0n) is 17.0. The maximum atomic E-state index is 12.5. The van der Waals surface area contributed by atoms with Crippen LogP contribution in [-0.4, -0.2) is 37.0 Å². The SMILES string of the molecule is O=C(NCCOc1cccc2ccccc12)C1CCN(Cc2ccccc2Cl)CC1. The number of hydrogen-bond acceptors (Lipinski definition) is 3. The number of halogens is 1. The summed E-state index contributed by atoms with van der Waals surface area (Å²) in [5, 5.41) is 6.10. The number of carbonyl (C=O) groups excluding carboxylic acids is 1. The molecule has 30 heavy (non-hydrogen) atoms. The molecule has 1 amide bonds. The summed E-state index contributed by atoms with van der Waals surface area (Å²) in [7, 11) is 0. The Bertz CT molecular complexity index is 994. The second-order valence-corrected chi connectivity index (χ2v) is 8.17. The van der Waals surface area contributed by atoms with Gasteiger partial charge in [0.15, 0.2) is 0 Å². The van der Waals surface area contributed by atoms with Crippen LogP contribution in [0.2, 0.25) is 5.02 Å². The van der Waals surface area contributed by atoms with Gasteiger partial charge in [-0.05, 0) is 49.0 Å². The van der Waals surface area contributed by atoms with Gasteiger partial charge in [0.1, 0.15) is 12.4 Å². The zero-order chi connectivity index (χ0) is 20.8. The summed E-state index contributed by atoms with van der Waals surface area (Å²) < 4.78 is 5.92. The number of nitrogens with one attached hydrogen (secondary N) is 1. The second kappa shape index (κ2) is 9.96. The number of piperidine rings is 1. The van der Waals surface area contributed by atoms with Crippen molar-refractivity contribution in [2.45, 2.75) is 19.4 Å². The van der Waals surface area contributed by atoms with Crippen LogP contribution in [0.15, 0.2) is 66.7 Å². The fraction of sp³-hybridized carbons (Fsp3) is 0.320. The summed E-state index contributed by atoms with van der Waals surface area (Å²) in [6.07, 6.45) is 1.75. The van der Waals surface area contributed by atoms with Crippen molar-refractivity contribution in [3.63, 3.8) is 0 Å². The molecular formula is C25H27ClN2O2. The van der Waals surface area contributed by atoms with Crippen LogP contribution in [0, 0.1) is 5.92 Å². The van der Waals surface area contributed by atoms with E-state index in [1.807, 2.05) is 42.5 Å². The molecule has 156 valence electrons. The largest absolute Gasteiger partial charge is 0.491 e. The van der Waals surface area contributed by atoms with Crippen molar-refractivity contribution in [1.29, 1.82) is 0 Å². The molecule has 0 atom stereocenters. The first-order valence-corrected chi connectivity index (χ1v) is 10.9. The van der Waals surface area contributed by atoms with E-state index in [2.05, 4.69) is 34.5 Å². The molecule has 0 aliphatic carbocycles. The average molecular weight is 423 g/mol. The van der Waals surface area contributed by atoms with Gasteiger partial charge in [0, 0.05) is 22.9 Å². The van der Waals surface area contributed by atoms with E-state index >= 15 is 0 Å². The summed E-state index contributed by atoms with van der Waals surface area (Å²) in [6, 6.07) is 22.2. The first kappa shape index (κ1) is 20.7. The van der Waals surface area contributed by atoms with Crippen LogP contribution in [0.5, 0.6) is 5.75 Å². The van der Waals surface area contributed by atoms with E-state index in [9.17, 15) is 4.79 Å². The summed E-state index contributed by atoms with van der Waals surface area (Å²) in [5.41, 5.74) is 1.15. The van der Waals surface area contributed by atoms with Gasteiger partial charge < -0.3 is 10.1 Å². The van der Waals surface area contributed by atoms with Gasteiger partial charge in [-0.2, -0.15) is 0 Å². The molecule has 1 aliphatic heterocycles. The number of amides is 1. The fourth-order valence-electron chi connectivity index (χ4n) is 4.02. The zero-order valence-corrected chi connectivity index (χ0v) is 17.8. The highest BCUT2D eigenvalue weighted by Gasteiger charge is 2.25. The number of fused-ring (bicyclic) bond motifs is 1. The Morgan fingerprint density at radius 2 is 1.73 bits per heavy atom. The van der Waals surface area contributed by atoms with Crippen molar-refractivity contribution < 1.29 is 9.53 Å². The number of likely N-dealkylation sites (tertiary alicyclic amines) is 1. The molecule has 4 nitrogen and oxygen atoms in total. The predicted molar refractivity (Wildman–Crippen MR) is 122 cm³/mol. The highest BCUT2D eigenvalue weighted by Crippen LogP contribution is 2.25. The Morgan fingerprint density at radius 1 is 1.00 bits per heavy atom. The van der Waals surface area contributed by atoms with E-state index in [1.54, 1.807) is 0 Å². The highest BCUT2D eigenvalue weighted by molar-refractivity contribution is 6.31. The van der Waals surface area contributed by atoms with E-state index in [1.165, 1.54) is 0 Å². The van der Waals surface area contributed by atoms with E-state index < -0.39 is 0 Å². The van der Waals surface area contributed by atoms with Crippen LogP contribution in [0.25, 0.3) is 10.8 Å². The van der Waals surface area contributed by atoms with E-state index in [4.69, 9.17) is 16.3 Å². The Kier molecular flexibility index (Phi) is 6.88. The molecular weight excluding hydrogens is 396 g/mol. The third kappa shape index (κ3) is 5.13. The lowest BCUT2D eigenvalue weighted by atomic mass is 9.95. The lowest BCUT2D eigenvalue weighted by molar-refractivity contribution is -0.126. The quantitative estimate of drug-likeness (QED) is 0.550. The molecule has 1 saturated heterocycles. The molecule has 0 bridgehead atoms. The molecule has 0 saturated carbocycles. The van der Waals surface area contributed by atoms with E-state index in [0.29, 0.717) is 13.2 Å². The number of carbonyl (C=O) groups is 1. The minimum Gasteiger partial charge on any atom is -0.491 e. The maximum absolute atomic E-state index is 12.5. The Hall–Kier alpha value is -2.56. The van der Waals surface area contributed by atoms with Crippen LogP contribution in [-0.2, 0) is 11.3 Å². The Labute approximate surface area is 182 Å². The molecule has 0 radical (unpaired) electrons. The topological polar surface area (TPSA) is 41.6 Å². The molecule has 0 unspecified atom stereocenters. The van der Waals surface area contributed by atoms with E-state index in [-0.39, 0.29) is 11.8 Å². The van der Waals surface area contributed by atoms with Gasteiger partial charge >= 0.3 is 0 Å². The fourth-order valence-corrected chi connectivity index (χ4v) is 4.22. The Balaban J connectivity index is 1.19. The van der Waals surface area contributed by atoms with Crippen molar-refractivity contribution in [3.8, 4) is 5.75 Å². The molecule has 1 heterocycles. The molecule has 3 aromatic rings. The Morgan fingerprint density at radius 3 is 2.57 bits per heavy atom. The highest BCUT2D eigenvalue weighted by atomic mass is 35.5. The van der Waals surface area contributed by atoms with Crippen molar-refractivity contribution in [3.05, 3.63) is 77.3 Å².